The highest BCUT2D eigenvalue weighted by Gasteiger charge is 2.32. The van der Waals surface area contributed by atoms with Crippen LogP contribution in [-0.2, 0) is 11.2 Å². The van der Waals surface area contributed by atoms with E-state index in [4.69, 9.17) is 11.6 Å². The van der Waals surface area contributed by atoms with E-state index in [9.17, 15) is 9.18 Å². The second kappa shape index (κ2) is 9.22. The summed E-state index contributed by atoms with van der Waals surface area (Å²) < 4.78 is 13.3. The minimum Gasteiger partial charge on any atom is -0.353 e. The smallest absolute Gasteiger partial charge is 0.224 e. The Morgan fingerprint density at radius 1 is 1.14 bits per heavy atom. The van der Waals surface area contributed by atoms with Crippen molar-refractivity contribution in [2.45, 2.75) is 43.9 Å². The fourth-order valence-corrected chi connectivity index (χ4v) is 4.29. The maximum Gasteiger partial charge on any atom is 0.224 e. The highest BCUT2D eigenvalue weighted by atomic mass is 35.5. The lowest BCUT2D eigenvalue weighted by atomic mass is 10.0. The first-order valence-corrected chi connectivity index (χ1v) is 10.5. The number of rotatable bonds is 5. The Morgan fingerprint density at radius 2 is 1.90 bits per heavy atom. The quantitative estimate of drug-likeness (QED) is 0.700. The van der Waals surface area contributed by atoms with Gasteiger partial charge in [0, 0.05) is 30.2 Å². The predicted octanol–water partition coefficient (Wildman–Crippen LogP) is 3.17. The molecule has 4 rings (SSSR count). The zero-order chi connectivity index (χ0) is 20.2. The van der Waals surface area contributed by atoms with Crippen molar-refractivity contribution >= 4 is 17.5 Å². The summed E-state index contributed by atoms with van der Waals surface area (Å²) in [6.07, 6.45) is 3.31. The molecule has 0 aliphatic carbocycles. The molecule has 0 aromatic heterocycles. The number of carbonyl (C=O) groups is 1. The number of hydrogen-bond acceptors (Lipinski definition) is 4. The van der Waals surface area contributed by atoms with E-state index in [1.807, 2.05) is 12.1 Å². The average molecular weight is 417 g/mol. The van der Waals surface area contributed by atoms with Gasteiger partial charge in [-0.1, -0.05) is 35.9 Å². The molecule has 29 heavy (non-hydrogen) atoms. The second-order valence-electron chi connectivity index (χ2n) is 7.83. The third-order valence-corrected chi connectivity index (χ3v) is 6.00. The summed E-state index contributed by atoms with van der Waals surface area (Å²) in [5.41, 5.74) is 8.71. The maximum atomic E-state index is 13.3. The van der Waals surface area contributed by atoms with E-state index in [2.05, 4.69) is 33.2 Å². The molecular weight excluding hydrogens is 391 g/mol. The highest BCUT2D eigenvalue weighted by Crippen LogP contribution is 2.26. The molecule has 2 aliphatic heterocycles. The first-order valence-electron chi connectivity index (χ1n) is 10.1. The highest BCUT2D eigenvalue weighted by molar-refractivity contribution is 6.30. The Hall–Kier alpha value is -1.99. The molecule has 2 unspecified atom stereocenters. The Morgan fingerprint density at radius 3 is 2.62 bits per heavy atom. The van der Waals surface area contributed by atoms with E-state index >= 15 is 0 Å². The Balaban J connectivity index is 1.22. The van der Waals surface area contributed by atoms with Crippen molar-refractivity contribution in [1.29, 1.82) is 0 Å². The van der Waals surface area contributed by atoms with E-state index in [1.165, 1.54) is 17.7 Å². The molecule has 5 nitrogen and oxygen atoms in total. The maximum absolute atomic E-state index is 13.3. The Kier molecular flexibility index (Phi) is 6.45. The molecule has 0 bridgehead atoms. The van der Waals surface area contributed by atoms with Gasteiger partial charge in [0.15, 0.2) is 0 Å². The lowest BCUT2D eigenvalue weighted by molar-refractivity contribution is -0.121. The Bertz CT molecular complexity index is 839. The number of amides is 1. The van der Waals surface area contributed by atoms with E-state index in [0.29, 0.717) is 5.56 Å². The summed E-state index contributed by atoms with van der Waals surface area (Å²) in [6.45, 7) is 1.86. The van der Waals surface area contributed by atoms with Crippen LogP contribution in [0.25, 0.3) is 0 Å². The third-order valence-electron chi connectivity index (χ3n) is 5.74. The predicted molar refractivity (Wildman–Crippen MR) is 112 cm³/mol. The van der Waals surface area contributed by atoms with Crippen molar-refractivity contribution < 1.29 is 9.18 Å². The first kappa shape index (κ1) is 20.3. The van der Waals surface area contributed by atoms with Crippen LogP contribution in [-0.4, -0.2) is 36.1 Å². The summed E-state index contributed by atoms with van der Waals surface area (Å²) in [6, 6.07) is 14.6. The van der Waals surface area contributed by atoms with Crippen LogP contribution >= 0.6 is 11.6 Å². The fraction of sp³-hybridized carbons (Fsp3) is 0.409. The molecular formula is C22H26ClFN4O. The van der Waals surface area contributed by atoms with Crippen molar-refractivity contribution in [3.05, 3.63) is 70.5 Å². The lowest BCUT2D eigenvalue weighted by Gasteiger charge is -2.35. The van der Waals surface area contributed by atoms with Crippen molar-refractivity contribution in [2.75, 3.05) is 13.1 Å². The van der Waals surface area contributed by atoms with Gasteiger partial charge in [0.2, 0.25) is 5.91 Å². The molecule has 2 aromatic rings. The minimum atomic E-state index is -0.307. The van der Waals surface area contributed by atoms with Crippen LogP contribution in [0.15, 0.2) is 48.5 Å². The molecule has 2 aliphatic rings. The molecule has 0 saturated carbocycles. The van der Waals surface area contributed by atoms with Crippen LogP contribution in [0.4, 0.5) is 4.39 Å². The SMILES string of the molecule is O=C(Cc1cccc(F)c1)NC1CCN(C2CC(c3ccc(Cl)cc3)NN2)CC1. The molecule has 2 heterocycles. The molecule has 2 atom stereocenters. The molecule has 0 spiro atoms. The van der Waals surface area contributed by atoms with Crippen molar-refractivity contribution in [3.8, 4) is 0 Å². The van der Waals surface area contributed by atoms with Crippen LogP contribution < -0.4 is 16.2 Å². The molecule has 2 aromatic carbocycles. The van der Waals surface area contributed by atoms with E-state index in [-0.39, 0.29) is 36.4 Å². The Labute approximate surface area is 175 Å². The van der Waals surface area contributed by atoms with Gasteiger partial charge in [0.25, 0.3) is 0 Å². The molecule has 0 radical (unpaired) electrons. The van der Waals surface area contributed by atoms with Gasteiger partial charge in [-0.25, -0.2) is 15.2 Å². The standard InChI is InChI=1S/C22H26ClFN4O/c23-17-6-4-16(5-7-17)20-14-21(27-26-20)28-10-8-19(9-11-28)25-22(29)13-15-2-1-3-18(24)12-15/h1-7,12,19-21,26-27H,8-11,13-14H2,(H,25,29). The van der Waals surface area contributed by atoms with Crippen molar-refractivity contribution in [3.63, 3.8) is 0 Å². The second-order valence-corrected chi connectivity index (χ2v) is 8.27. The van der Waals surface area contributed by atoms with Gasteiger partial charge in [0.05, 0.1) is 12.6 Å². The molecule has 7 heteroatoms. The molecule has 2 saturated heterocycles. The number of hydrogen-bond donors (Lipinski definition) is 3. The summed E-state index contributed by atoms with van der Waals surface area (Å²) in [5.74, 6) is -0.351. The molecule has 3 N–H and O–H groups in total. The largest absolute Gasteiger partial charge is 0.353 e. The minimum absolute atomic E-state index is 0.0440. The van der Waals surface area contributed by atoms with Gasteiger partial charge in [-0.15, -0.1) is 0 Å². The van der Waals surface area contributed by atoms with Gasteiger partial charge in [-0.05, 0) is 54.7 Å². The fourth-order valence-electron chi connectivity index (χ4n) is 4.16. The number of nitrogens with zero attached hydrogens (tertiary/aromatic N) is 1. The van der Waals surface area contributed by atoms with E-state index < -0.39 is 0 Å². The number of piperidine rings is 1. The summed E-state index contributed by atoms with van der Waals surface area (Å²) in [7, 11) is 0. The number of likely N-dealkylation sites (tertiary alicyclic amines) is 1. The summed E-state index contributed by atoms with van der Waals surface area (Å²) in [4.78, 5) is 14.7. The molecule has 154 valence electrons. The summed E-state index contributed by atoms with van der Waals surface area (Å²) >= 11 is 5.98. The van der Waals surface area contributed by atoms with Gasteiger partial charge >= 0.3 is 0 Å². The van der Waals surface area contributed by atoms with E-state index in [0.717, 1.165) is 37.4 Å². The number of carbonyl (C=O) groups excluding carboxylic acids is 1. The van der Waals surface area contributed by atoms with Crippen LogP contribution in [0.3, 0.4) is 0 Å². The van der Waals surface area contributed by atoms with Gasteiger partial charge < -0.3 is 5.32 Å². The number of halogens is 2. The zero-order valence-electron chi connectivity index (χ0n) is 16.2. The van der Waals surface area contributed by atoms with Crippen molar-refractivity contribution in [2.24, 2.45) is 0 Å². The van der Waals surface area contributed by atoms with Crippen LogP contribution in [0.5, 0.6) is 0 Å². The third kappa shape index (κ3) is 5.34. The van der Waals surface area contributed by atoms with Crippen LogP contribution in [0.2, 0.25) is 5.02 Å². The topological polar surface area (TPSA) is 56.4 Å². The normalized spacial score (nSPS) is 23.2. The average Bonchev–Trinajstić information content (AvgIpc) is 3.19. The van der Waals surface area contributed by atoms with Gasteiger partial charge in [-0.2, -0.15) is 0 Å². The molecule has 1 amide bonds. The lowest BCUT2D eigenvalue weighted by Crippen LogP contribution is -2.51. The van der Waals surface area contributed by atoms with E-state index in [1.54, 1.807) is 12.1 Å². The van der Waals surface area contributed by atoms with Crippen molar-refractivity contribution in [1.82, 2.24) is 21.1 Å². The van der Waals surface area contributed by atoms with Gasteiger partial charge in [-0.3, -0.25) is 9.69 Å². The number of hydrazine groups is 1. The number of nitrogens with one attached hydrogen (secondary N) is 3. The number of benzene rings is 2. The zero-order valence-corrected chi connectivity index (χ0v) is 17.0. The monoisotopic (exact) mass is 416 g/mol. The first-order chi connectivity index (χ1) is 14.1. The van der Waals surface area contributed by atoms with Crippen LogP contribution in [0.1, 0.15) is 36.4 Å². The summed E-state index contributed by atoms with van der Waals surface area (Å²) in [5, 5.41) is 3.85. The van der Waals surface area contributed by atoms with Crippen LogP contribution in [0, 0.1) is 5.82 Å². The van der Waals surface area contributed by atoms with Gasteiger partial charge in [0.1, 0.15) is 5.82 Å². The molecule has 2 fully saturated rings.